The van der Waals surface area contributed by atoms with Gasteiger partial charge in [-0.25, -0.2) is 27.1 Å². The molecule has 0 amide bonds. The average molecular weight is 943 g/mol. The predicted octanol–water partition coefficient (Wildman–Crippen LogP) is 5.34. The topological polar surface area (TPSA) is 216 Å². The highest BCUT2D eigenvalue weighted by Crippen LogP contribution is 2.38. The minimum Gasteiger partial charge on any atom is -0.377 e. The lowest BCUT2D eigenvalue weighted by molar-refractivity contribution is -0.0334. The lowest BCUT2D eigenvalue weighted by atomic mass is 9.80. The Kier molecular flexibility index (Phi) is 20.6. The Labute approximate surface area is 387 Å². The summed E-state index contributed by atoms with van der Waals surface area (Å²) < 4.78 is 78.7. The Morgan fingerprint density at radius 3 is 0.712 bits per heavy atom. The van der Waals surface area contributed by atoms with Crippen LogP contribution in [0.1, 0.15) is 33.4 Å². The molecule has 66 heavy (non-hydrogen) atoms. The highest BCUT2D eigenvalue weighted by molar-refractivity contribution is 7.89. The largest absolute Gasteiger partial charge is 0.377 e. The molecule has 0 saturated carbocycles. The number of sulfonamides is 2. The molecule has 1 aliphatic heterocycles. The molecule has 6 aromatic carbocycles. The van der Waals surface area contributed by atoms with Crippen molar-refractivity contribution >= 4 is 20.0 Å². The molecular weight excluding hydrogens is 885 g/mol. The van der Waals surface area contributed by atoms with Gasteiger partial charge in [-0.3, -0.25) is 0 Å². The number of ether oxygens (including phenoxy) is 6. The summed E-state index contributed by atoms with van der Waals surface area (Å²) >= 11 is 0. The summed E-state index contributed by atoms with van der Waals surface area (Å²) in [6.07, 6.45) is 0. The lowest BCUT2D eigenvalue weighted by Gasteiger charge is -2.30. The highest BCUT2D eigenvalue weighted by atomic mass is 32.2. The van der Waals surface area contributed by atoms with Gasteiger partial charge in [0.25, 0.3) is 0 Å². The van der Waals surface area contributed by atoms with Crippen molar-refractivity contribution in [1.82, 2.24) is 0 Å². The summed E-state index contributed by atoms with van der Waals surface area (Å²) in [5.41, 5.74) is 0.473. The lowest BCUT2D eigenvalue weighted by Crippen LogP contribution is -2.29. The average Bonchev–Trinajstić information content (AvgIpc) is 3.34. The molecule has 6 aromatic rings. The normalized spacial score (nSPS) is 15.3. The number of aliphatic hydroxyl groups is 2. The van der Waals surface area contributed by atoms with Crippen LogP contribution in [0.15, 0.2) is 180 Å². The smallest absolute Gasteiger partial charge is 0.238 e. The van der Waals surface area contributed by atoms with E-state index in [1.165, 1.54) is 24.3 Å². The Balaban J connectivity index is 0.000000188. The molecule has 1 heterocycles. The Morgan fingerprint density at radius 1 is 0.318 bits per heavy atom. The van der Waals surface area contributed by atoms with Gasteiger partial charge in [0.15, 0.2) is 0 Å². The molecule has 6 N–H and O–H groups in total. The number of nitrogens with two attached hydrogens (primary N) is 2. The van der Waals surface area contributed by atoms with E-state index in [1.807, 2.05) is 72.8 Å². The van der Waals surface area contributed by atoms with Gasteiger partial charge in [0.05, 0.1) is 89.1 Å². The first-order valence-corrected chi connectivity index (χ1v) is 24.3. The summed E-state index contributed by atoms with van der Waals surface area (Å²) in [6, 6.07) is 48.6. The maximum atomic E-state index is 11.7. The number of hydrogen-bond acceptors (Lipinski definition) is 12. The number of rotatable bonds is 8. The fourth-order valence-corrected chi connectivity index (χ4v) is 7.95. The molecule has 7 rings (SSSR count). The standard InChI is InChI=1S/2C19H17NO3S.C12H24O6/c2*20-24(22,23)18-13-7-12-17(14-18)19(21,15-8-3-1-4-9-15)16-10-5-2-6-11-16;1-2-14-5-6-16-9-10-18-12-11-17-8-7-15-4-3-13-1/h2*1-14,21H,(H2,20,22,23);1-12H2. The van der Waals surface area contributed by atoms with E-state index in [4.69, 9.17) is 38.7 Å². The fraction of sp³-hybridized carbons (Fsp3) is 0.280. The first-order valence-electron chi connectivity index (χ1n) is 21.2. The van der Waals surface area contributed by atoms with E-state index in [1.54, 1.807) is 72.8 Å². The van der Waals surface area contributed by atoms with Crippen LogP contribution in [-0.2, 0) is 59.7 Å². The summed E-state index contributed by atoms with van der Waals surface area (Å²) in [4.78, 5) is -0.0735. The van der Waals surface area contributed by atoms with Crippen LogP contribution in [0.25, 0.3) is 0 Å². The molecule has 0 atom stereocenters. The van der Waals surface area contributed by atoms with Gasteiger partial charge in [-0.15, -0.1) is 0 Å². The summed E-state index contributed by atoms with van der Waals surface area (Å²) in [6.45, 7) is 7.04. The van der Waals surface area contributed by atoms with Gasteiger partial charge in [-0.2, -0.15) is 0 Å². The van der Waals surface area contributed by atoms with Gasteiger partial charge in [0.2, 0.25) is 20.0 Å². The predicted molar refractivity (Wildman–Crippen MR) is 251 cm³/mol. The second-order valence-corrected chi connectivity index (χ2v) is 17.8. The van der Waals surface area contributed by atoms with E-state index in [0.29, 0.717) is 113 Å². The third-order valence-corrected chi connectivity index (χ3v) is 12.0. The van der Waals surface area contributed by atoms with Gasteiger partial charge >= 0.3 is 0 Å². The van der Waals surface area contributed by atoms with Crippen molar-refractivity contribution in [2.45, 2.75) is 21.0 Å². The zero-order chi connectivity index (χ0) is 47.1. The zero-order valence-corrected chi connectivity index (χ0v) is 38.2. The molecule has 16 heteroatoms. The number of primary sulfonamides is 2. The van der Waals surface area contributed by atoms with E-state index < -0.39 is 31.2 Å². The molecule has 1 saturated heterocycles. The molecule has 1 fully saturated rings. The molecule has 0 radical (unpaired) electrons. The number of hydrogen-bond donors (Lipinski definition) is 4. The van der Waals surface area contributed by atoms with Crippen LogP contribution in [0.3, 0.4) is 0 Å². The SMILES string of the molecule is C1COCCOCCOCCOCCOCCO1.NS(=O)(=O)c1cccc(C(O)(c2ccccc2)c2ccccc2)c1.NS(=O)(=O)c1cccc(C(O)(c2ccccc2)c2ccccc2)c1. The van der Waals surface area contributed by atoms with Crippen LogP contribution in [0, 0.1) is 0 Å². The quantitative estimate of drug-likeness (QED) is 0.142. The second-order valence-electron chi connectivity index (χ2n) is 14.7. The van der Waals surface area contributed by atoms with Gasteiger partial charge in [0.1, 0.15) is 11.2 Å². The van der Waals surface area contributed by atoms with Crippen molar-refractivity contribution in [3.63, 3.8) is 0 Å². The van der Waals surface area contributed by atoms with E-state index in [9.17, 15) is 27.0 Å². The molecule has 0 spiro atoms. The Bertz CT molecular complexity index is 2220. The summed E-state index contributed by atoms with van der Waals surface area (Å²) in [5.74, 6) is 0. The van der Waals surface area contributed by atoms with Crippen LogP contribution in [0.5, 0.6) is 0 Å². The summed E-state index contributed by atoms with van der Waals surface area (Å²) in [7, 11) is -7.72. The first-order chi connectivity index (χ1) is 31.8. The van der Waals surface area contributed by atoms with Crippen LogP contribution in [0.2, 0.25) is 0 Å². The van der Waals surface area contributed by atoms with Crippen LogP contribution < -0.4 is 10.3 Å². The molecule has 1 aliphatic rings. The van der Waals surface area contributed by atoms with Crippen LogP contribution in [-0.4, -0.2) is 106 Å². The summed E-state index contributed by atoms with van der Waals surface area (Å²) in [5, 5.41) is 33.6. The molecule has 14 nitrogen and oxygen atoms in total. The van der Waals surface area contributed by atoms with Crippen LogP contribution >= 0.6 is 0 Å². The van der Waals surface area contributed by atoms with E-state index in [-0.39, 0.29) is 9.79 Å². The fourth-order valence-electron chi connectivity index (χ4n) is 6.83. The minimum absolute atomic E-state index is 0.0368. The van der Waals surface area contributed by atoms with Gasteiger partial charge in [-0.05, 0) is 57.6 Å². The monoisotopic (exact) mass is 942 g/mol. The van der Waals surface area contributed by atoms with Crippen molar-refractivity contribution in [2.75, 3.05) is 79.3 Å². The third kappa shape index (κ3) is 15.4. The molecule has 352 valence electrons. The molecular formula is C50H58N2O12S2. The number of benzene rings is 6. The maximum Gasteiger partial charge on any atom is 0.238 e. The van der Waals surface area contributed by atoms with E-state index in [0.717, 1.165) is 0 Å². The molecule has 0 aliphatic carbocycles. The minimum atomic E-state index is -3.86. The van der Waals surface area contributed by atoms with Crippen molar-refractivity contribution < 1.29 is 55.5 Å². The van der Waals surface area contributed by atoms with Crippen molar-refractivity contribution in [3.05, 3.63) is 203 Å². The van der Waals surface area contributed by atoms with Gasteiger partial charge in [-0.1, -0.05) is 146 Å². The van der Waals surface area contributed by atoms with Gasteiger partial charge in [0, 0.05) is 0 Å². The van der Waals surface area contributed by atoms with E-state index in [2.05, 4.69) is 0 Å². The molecule has 0 aromatic heterocycles. The van der Waals surface area contributed by atoms with Crippen molar-refractivity contribution in [3.8, 4) is 0 Å². The Morgan fingerprint density at radius 2 is 0.515 bits per heavy atom. The van der Waals surface area contributed by atoms with Gasteiger partial charge < -0.3 is 38.6 Å². The highest BCUT2D eigenvalue weighted by Gasteiger charge is 2.35. The maximum absolute atomic E-state index is 11.7. The first kappa shape index (κ1) is 51.8. The second kappa shape index (κ2) is 26.2. The van der Waals surface area contributed by atoms with E-state index >= 15 is 0 Å². The van der Waals surface area contributed by atoms with Crippen LogP contribution in [0.4, 0.5) is 0 Å². The third-order valence-electron chi connectivity index (χ3n) is 10.2. The molecule has 0 bridgehead atoms. The Hall–Kier alpha value is -5.18. The molecule has 0 unspecified atom stereocenters. The van der Waals surface area contributed by atoms with Crippen molar-refractivity contribution in [1.29, 1.82) is 0 Å². The van der Waals surface area contributed by atoms with Crippen molar-refractivity contribution in [2.24, 2.45) is 10.3 Å². The zero-order valence-electron chi connectivity index (χ0n) is 36.6.